The van der Waals surface area contributed by atoms with E-state index in [0.29, 0.717) is 11.8 Å². The van der Waals surface area contributed by atoms with Crippen LogP contribution in [0.4, 0.5) is 11.4 Å². The summed E-state index contributed by atoms with van der Waals surface area (Å²) in [5.41, 5.74) is 4.86. The first-order valence-corrected chi connectivity index (χ1v) is 12.9. The van der Waals surface area contributed by atoms with Crippen LogP contribution in [0.2, 0.25) is 0 Å². The Morgan fingerprint density at radius 3 is 2.59 bits per heavy atom. The summed E-state index contributed by atoms with van der Waals surface area (Å²) in [4.78, 5) is 14.9. The summed E-state index contributed by atoms with van der Waals surface area (Å²) in [6.45, 7) is 8.12. The van der Waals surface area contributed by atoms with Gasteiger partial charge in [0.1, 0.15) is 12.0 Å². The van der Waals surface area contributed by atoms with E-state index >= 15 is 0 Å². The van der Waals surface area contributed by atoms with Crippen molar-refractivity contribution >= 4 is 22.4 Å². The minimum Gasteiger partial charge on any atom is -0.385 e. The molecular weight excluding hydrogens is 424 g/mol. The molecule has 2 unspecified atom stereocenters. The first kappa shape index (κ1) is 21.9. The third-order valence-electron chi connectivity index (χ3n) is 8.30. The van der Waals surface area contributed by atoms with E-state index in [1.807, 2.05) is 6.20 Å². The van der Waals surface area contributed by atoms with Crippen molar-refractivity contribution in [2.75, 3.05) is 49.6 Å². The summed E-state index contributed by atoms with van der Waals surface area (Å²) in [5, 5.41) is 8.55. The van der Waals surface area contributed by atoms with E-state index in [2.05, 4.69) is 62.8 Å². The second-order valence-corrected chi connectivity index (χ2v) is 10.6. The van der Waals surface area contributed by atoms with E-state index in [1.54, 1.807) is 6.33 Å². The van der Waals surface area contributed by atoms with Gasteiger partial charge in [0.05, 0.1) is 18.9 Å². The Balaban J connectivity index is 1.06. The van der Waals surface area contributed by atoms with Crippen molar-refractivity contribution in [1.82, 2.24) is 20.3 Å². The van der Waals surface area contributed by atoms with Gasteiger partial charge in [-0.05, 0) is 74.8 Å². The third-order valence-corrected chi connectivity index (χ3v) is 8.30. The summed E-state index contributed by atoms with van der Waals surface area (Å²) in [6, 6.07) is 11.1. The normalized spacial score (nSPS) is 28.1. The fourth-order valence-electron chi connectivity index (χ4n) is 6.14. The molecule has 2 saturated heterocycles. The molecule has 1 aromatic carbocycles. The van der Waals surface area contributed by atoms with Crippen molar-refractivity contribution in [3.8, 4) is 0 Å². The number of H-pyrrole nitrogens is 1. The molecule has 7 nitrogen and oxygen atoms in total. The summed E-state index contributed by atoms with van der Waals surface area (Å²) >= 11 is 0. The van der Waals surface area contributed by atoms with Crippen LogP contribution in [0.3, 0.4) is 0 Å². The van der Waals surface area contributed by atoms with Crippen LogP contribution in [0.5, 0.6) is 0 Å². The van der Waals surface area contributed by atoms with Crippen LogP contribution in [-0.4, -0.2) is 59.9 Å². The Bertz CT molecular complexity index is 1090. The van der Waals surface area contributed by atoms with Crippen LogP contribution in [0.25, 0.3) is 11.0 Å². The van der Waals surface area contributed by atoms with Crippen molar-refractivity contribution in [3.05, 3.63) is 48.5 Å². The number of nitrogens with one attached hydrogen (secondary N) is 3. The second-order valence-electron chi connectivity index (χ2n) is 10.6. The molecule has 2 aliphatic heterocycles. The van der Waals surface area contributed by atoms with Gasteiger partial charge in [0, 0.05) is 60.6 Å². The molecule has 0 bridgehead atoms. The highest BCUT2D eigenvalue weighted by Crippen LogP contribution is 2.47. The first-order chi connectivity index (χ1) is 16.7. The maximum atomic E-state index is 5.47. The number of ether oxygens (including phenoxy) is 1. The van der Waals surface area contributed by atoms with Crippen molar-refractivity contribution < 1.29 is 4.74 Å². The summed E-state index contributed by atoms with van der Waals surface area (Å²) in [7, 11) is 0. The lowest BCUT2D eigenvalue weighted by molar-refractivity contribution is 0.122. The number of benzene rings is 1. The van der Waals surface area contributed by atoms with Crippen molar-refractivity contribution in [1.29, 1.82) is 0 Å². The number of hydrogen-bond donors (Lipinski definition) is 3. The van der Waals surface area contributed by atoms with Crippen LogP contribution in [-0.2, 0) is 4.74 Å². The Morgan fingerprint density at radius 2 is 1.85 bits per heavy atom. The third kappa shape index (κ3) is 4.39. The lowest BCUT2D eigenvalue weighted by Gasteiger charge is -2.36. The van der Waals surface area contributed by atoms with Crippen LogP contribution in [0.1, 0.15) is 44.2 Å². The zero-order chi connectivity index (χ0) is 23.0. The monoisotopic (exact) mass is 460 g/mol. The highest BCUT2D eigenvalue weighted by molar-refractivity contribution is 5.78. The molecule has 34 heavy (non-hydrogen) atoms. The van der Waals surface area contributed by atoms with Crippen LogP contribution < -0.4 is 15.5 Å². The number of fused-ring (bicyclic) bond motifs is 1. The minimum absolute atomic E-state index is 0.163. The Morgan fingerprint density at radius 1 is 1.09 bits per heavy atom. The van der Waals surface area contributed by atoms with E-state index < -0.39 is 0 Å². The van der Waals surface area contributed by atoms with Gasteiger partial charge in [0.15, 0.2) is 0 Å². The smallest absolute Gasteiger partial charge is 0.140 e. The Hall–Kier alpha value is -2.64. The Labute approximate surface area is 201 Å². The van der Waals surface area contributed by atoms with Gasteiger partial charge in [0.2, 0.25) is 0 Å². The number of anilines is 2. The number of nitrogens with zero attached hydrogens (tertiary/aromatic N) is 3. The molecule has 7 heteroatoms. The molecular formula is C27H36N6O. The molecule has 0 spiro atoms. The summed E-state index contributed by atoms with van der Waals surface area (Å²) in [6.07, 6.45) is 8.79. The molecule has 0 radical (unpaired) electrons. The van der Waals surface area contributed by atoms with E-state index in [0.717, 1.165) is 51.0 Å². The van der Waals surface area contributed by atoms with Gasteiger partial charge in [-0.25, -0.2) is 9.97 Å². The number of rotatable bonds is 7. The van der Waals surface area contributed by atoms with E-state index in [-0.39, 0.29) is 5.54 Å². The van der Waals surface area contributed by atoms with Gasteiger partial charge in [-0.15, -0.1) is 0 Å². The number of hydrogen-bond acceptors (Lipinski definition) is 6. The standard InChI is InChI=1S/C27H36N6O/c1-27(17-32-27)24(25-23-10-11-28-26(23)31-18-30-25)20-4-2-19(3-5-20)16-29-21-6-8-22(9-7-21)33-12-14-34-15-13-33/h6-11,18-20,24,29,32H,2-5,12-17H2,1H3,(H,28,30,31). The molecule has 3 aromatic rings. The van der Waals surface area contributed by atoms with Crippen molar-refractivity contribution in [2.45, 2.75) is 44.1 Å². The molecule has 6 rings (SSSR count). The van der Waals surface area contributed by atoms with Gasteiger partial charge in [-0.1, -0.05) is 0 Å². The quantitative estimate of drug-likeness (QED) is 0.459. The molecule has 3 N–H and O–H groups in total. The van der Waals surface area contributed by atoms with Gasteiger partial charge in [0.25, 0.3) is 0 Å². The average Bonchev–Trinajstić information content (AvgIpc) is 3.43. The van der Waals surface area contributed by atoms with E-state index in [4.69, 9.17) is 9.72 Å². The molecule has 1 aliphatic carbocycles. The maximum Gasteiger partial charge on any atom is 0.140 e. The van der Waals surface area contributed by atoms with Crippen LogP contribution in [0, 0.1) is 11.8 Å². The average molecular weight is 461 g/mol. The topological polar surface area (TPSA) is 88.0 Å². The zero-order valence-corrected chi connectivity index (χ0v) is 20.1. The van der Waals surface area contributed by atoms with Crippen LogP contribution in [0.15, 0.2) is 42.9 Å². The van der Waals surface area contributed by atoms with E-state index in [1.165, 1.54) is 48.1 Å². The molecule has 2 atom stereocenters. The number of morpholine rings is 1. The van der Waals surface area contributed by atoms with E-state index in [9.17, 15) is 0 Å². The molecule has 3 aliphatic rings. The highest BCUT2D eigenvalue weighted by Gasteiger charge is 2.50. The van der Waals surface area contributed by atoms with Gasteiger partial charge in [-0.2, -0.15) is 0 Å². The molecule has 1 saturated carbocycles. The van der Waals surface area contributed by atoms with Crippen LogP contribution >= 0.6 is 0 Å². The minimum atomic E-state index is 0.163. The number of aromatic nitrogens is 3. The zero-order valence-electron chi connectivity index (χ0n) is 20.1. The molecule has 2 aromatic heterocycles. The van der Waals surface area contributed by atoms with Gasteiger partial charge < -0.3 is 25.3 Å². The van der Waals surface area contributed by atoms with Gasteiger partial charge >= 0.3 is 0 Å². The summed E-state index contributed by atoms with van der Waals surface area (Å²) < 4.78 is 5.47. The SMILES string of the molecule is CC1(C(c2ncnc3[nH]ccc23)C2CCC(CNc3ccc(N4CCOCC4)cc3)CC2)CN1. The fourth-order valence-corrected chi connectivity index (χ4v) is 6.14. The highest BCUT2D eigenvalue weighted by atomic mass is 16.5. The lowest BCUT2D eigenvalue weighted by Crippen LogP contribution is -2.36. The maximum absolute atomic E-state index is 5.47. The number of aromatic amines is 1. The molecule has 4 heterocycles. The predicted molar refractivity (Wildman–Crippen MR) is 136 cm³/mol. The fraction of sp³-hybridized carbons (Fsp3) is 0.556. The second kappa shape index (κ2) is 9.19. The Kier molecular flexibility index (Phi) is 5.91. The lowest BCUT2D eigenvalue weighted by atomic mass is 9.69. The molecule has 0 amide bonds. The molecule has 180 valence electrons. The summed E-state index contributed by atoms with van der Waals surface area (Å²) in [5.74, 6) is 1.83. The first-order valence-electron chi connectivity index (χ1n) is 12.9. The molecule has 3 fully saturated rings. The van der Waals surface area contributed by atoms with Gasteiger partial charge in [-0.3, -0.25) is 0 Å². The van der Waals surface area contributed by atoms with Crippen molar-refractivity contribution in [2.24, 2.45) is 11.8 Å². The predicted octanol–water partition coefficient (Wildman–Crippen LogP) is 4.16. The van der Waals surface area contributed by atoms with Crippen molar-refractivity contribution in [3.63, 3.8) is 0 Å². The largest absolute Gasteiger partial charge is 0.385 e.